The average molecular weight is 472 g/mol. The predicted molar refractivity (Wildman–Crippen MR) is 130 cm³/mol. The van der Waals surface area contributed by atoms with Gasteiger partial charge in [0.15, 0.2) is 5.69 Å². The molecule has 1 aromatic carbocycles. The predicted octanol–water partition coefficient (Wildman–Crippen LogP) is 3.11. The summed E-state index contributed by atoms with van der Waals surface area (Å²) < 4.78 is 7.01. The maximum Gasteiger partial charge on any atom is 0.330 e. The fourth-order valence-electron chi connectivity index (χ4n) is 3.34. The van der Waals surface area contributed by atoms with Gasteiger partial charge in [0.25, 0.3) is 11.5 Å². The second-order valence-electron chi connectivity index (χ2n) is 8.60. The largest absolute Gasteiger partial charge is 0.487 e. The molecule has 0 aliphatic carbocycles. The van der Waals surface area contributed by atoms with E-state index in [2.05, 4.69) is 9.97 Å². The van der Waals surface area contributed by atoms with Crippen LogP contribution in [-0.2, 0) is 13.2 Å². The third-order valence-corrected chi connectivity index (χ3v) is 5.43. The molecule has 0 spiro atoms. The molecular weight excluding hydrogens is 442 g/mol. The van der Waals surface area contributed by atoms with E-state index in [9.17, 15) is 14.4 Å². The number of nitrogens with one attached hydrogen (secondary N) is 1. The minimum Gasteiger partial charge on any atom is -0.487 e. The van der Waals surface area contributed by atoms with Crippen molar-refractivity contribution in [2.45, 2.75) is 40.8 Å². The molecule has 3 N–H and O–H groups in total. The Morgan fingerprint density at radius 3 is 2.45 bits per heavy atom. The lowest BCUT2D eigenvalue weighted by atomic mass is 10.1. The summed E-state index contributed by atoms with van der Waals surface area (Å²) in [4.78, 5) is 46.3. The molecule has 0 aliphatic heterocycles. The van der Waals surface area contributed by atoms with Crippen molar-refractivity contribution in [2.75, 3.05) is 17.2 Å². The van der Waals surface area contributed by atoms with Crippen molar-refractivity contribution in [3.63, 3.8) is 0 Å². The average Bonchev–Trinajstić information content (AvgIpc) is 3.27. The highest BCUT2D eigenvalue weighted by Gasteiger charge is 2.26. The van der Waals surface area contributed by atoms with E-state index in [0.29, 0.717) is 24.5 Å². The molecule has 10 heteroatoms. The van der Waals surface area contributed by atoms with Crippen molar-refractivity contribution in [3.8, 4) is 5.75 Å². The van der Waals surface area contributed by atoms with Crippen LogP contribution in [0.4, 0.5) is 11.5 Å². The SMILES string of the molecule is CC(C)CN(C(=O)c1ccc(OCc2cscn2)cc1)c1c(N)n(CC(C)C)c(=O)[nH]c1=O. The number of aromatic amines is 1. The number of nitrogen functional groups attached to an aromatic ring is 1. The Hall–Kier alpha value is -3.40. The van der Waals surface area contributed by atoms with Gasteiger partial charge in [-0.2, -0.15) is 0 Å². The highest BCUT2D eigenvalue weighted by Crippen LogP contribution is 2.23. The topological polar surface area (TPSA) is 123 Å². The number of hydrogen-bond donors (Lipinski definition) is 2. The van der Waals surface area contributed by atoms with Gasteiger partial charge in [-0.25, -0.2) is 9.78 Å². The minimum absolute atomic E-state index is 0.0159. The molecule has 2 aromatic heterocycles. The third-order valence-electron chi connectivity index (χ3n) is 4.80. The number of carbonyl (C=O) groups excluding carboxylic acids is 1. The molecule has 2 heterocycles. The van der Waals surface area contributed by atoms with E-state index >= 15 is 0 Å². The van der Waals surface area contributed by atoms with Gasteiger partial charge in [-0.05, 0) is 36.1 Å². The lowest BCUT2D eigenvalue weighted by Crippen LogP contribution is -2.43. The molecule has 0 unspecified atom stereocenters. The van der Waals surface area contributed by atoms with E-state index in [1.165, 1.54) is 20.8 Å². The van der Waals surface area contributed by atoms with Crippen LogP contribution < -0.4 is 26.6 Å². The van der Waals surface area contributed by atoms with Gasteiger partial charge in [0, 0.05) is 24.0 Å². The molecular formula is C23H29N5O4S. The number of nitrogens with two attached hydrogens (primary N) is 1. The summed E-state index contributed by atoms with van der Waals surface area (Å²) in [5.41, 5.74) is 7.91. The van der Waals surface area contributed by atoms with Gasteiger partial charge in [0.05, 0.1) is 11.2 Å². The molecule has 0 aliphatic rings. The first-order chi connectivity index (χ1) is 15.7. The molecule has 176 valence electrons. The zero-order valence-electron chi connectivity index (χ0n) is 19.2. The Kier molecular flexibility index (Phi) is 7.70. The van der Waals surface area contributed by atoms with Gasteiger partial charge in [-0.1, -0.05) is 27.7 Å². The number of nitrogens with zero attached hydrogens (tertiary/aromatic N) is 3. The van der Waals surface area contributed by atoms with Gasteiger partial charge in [0.1, 0.15) is 18.2 Å². The van der Waals surface area contributed by atoms with Crippen LogP contribution in [0.1, 0.15) is 43.7 Å². The van der Waals surface area contributed by atoms with E-state index < -0.39 is 11.2 Å². The van der Waals surface area contributed by atoms with E-state index in [1.807, 2.05) is 33.1 Å². The van der Waals surface area contributed by atoms with Crippen LogP contribution >= 0.6 is 11.3 Å². The zero-order chi connectivity index (χ0) is 24.1. The smallest absolute Gasteiger partial charge is 0.330 e. The van der Waals surface area contributed by atoms with Gasteiger partial charge < -0.3 is 15.4 Å². The molecule has 0 saturated heterocycles. The first-order valence-electron chi connectivity index (χ1n) is 10.7. The number of aromatic nitrogens is 3. The van der Waals surface area contributed by atoms with Gasteiger partial charge >= 0.3 is 5.69 Å². The van der Waals surface area contributed by atoms with Crippen LogP contribution in [0.15, 0.2) is 44.7 Å². The van der Waals surface area contributed by atoms with E-state index in [-0.39, 0.29) is 35.8 Å². The molecule has 0 bridgehead atoms. The molecule has 9 nitrogen and oxygen atoms in total. The van der Waals surface area contributed by atoms with E-state index in [4.69, 9.17) is 10.5 Å². The third kappa shape index (κ3) is 5.89. The summed E-state index contributed by atoms with van der Waals surface area (Å²) in [5, 5.41) is 1.91. The molecule has 3 aromatic rings. The first kappa shape index (κ1) is 24.2. The van der Waals surface area contributed by atoms with Crippen molar-refractivity contribution in [3.05, 3.63) is 67.3 Å². The fourth-order valence-corrected chi connectivity index (χ4v) is 3.88. The monoisotopic (exact) mass is 471 g/mol. The van der Waals surface area contributed by atoms with E-state index in [0.717, 1.165) is 5.69 Å². The number of ether oxygens (including phenoxy) is 1. The maximum atomic E-state index is 13.4. The Morgan fingerprint density at radius 2 is 1.88 bits per heavy atom. The molecule has 0 radical (unpaired) electrons. The van der Waals surface area contributed by atoms with Crippen LogP contribution in [0.3, 0.4) is 0 Å². The van der Waals surface area contributed by atoms with Gasteiger partial charge in [-0.3, -0.25) is 19.1 Å². The minimum atomic E-state index is -0.685. The number of anilines is 2. The second-order valence-corrected chi connectivity index (χ2v) is 9.32. The van der Waals surface area contributed by atoms with Crippen molar-refractivity contribution >= 4 is 28.7 Å². The zero-order valence-corrected chi connectivity index (χ0v) is 20.0. The lowest BCUT2D eigenvalue weighted by molar-refractivity contribution is 0.0983. The number of H-pyrrole nitrogens is 1. The van der Waals surface area contributed by atoms with Crippen LogP contribution in [0, 0.1) is 11.8 Å². The summed E-state index contributed by atoms with van der Waals surface area (Å²) >= 11 is 1.49. The number of hydrogen-bond acceptors (Lipinski definition) is 7. The molecule has 1 amide bonds. The van der Waals surface area contributed by atoms with Crippen LogP contribution in [0.5, 0.6) is 5.75 Å². The molecule has 3 rings (SSSR count). The highest BCUT2D eigenvalue weighted by molar-refractivity contribution is 7.07. The van der Waals surface area contributed by atoms with Gasteiger partial charge in [-0.15, -0.1) is 11.3 Å². The number of carbonyl (C=O) groups is 1. The molecule has 33 heavy (non-hydrogen) atoms. The van der Waals surface area contributed by atoms with E-state index in [1.54, 1.807) is 29.8 Å². The summed E-state index contributed by atoms with van der Waals surface area (Å²) in [5.74, 6) is 0.364. The standard InChI is InChI=1S/C23H29N5O4S/c1-14(2)9-27(19-20(24)28(10-15(3)4)23(31)26-21(19)29)22(30)16-5-7-18(8-6-16)32-11-17-12-33-13-25-17/h5-8,12-15H,9-11,24H2,1-4H3,(H,26,29,31). The summed E-state index contributed by atoms with van der Waals surface area (Å²) in [6.45, 7) is 8.66. The fraction of sp³-hybridized carbons (Fsp3) is 0.391. The molecule has 0 fully saturated rings. The summed E-state index contributed by atoms with van der Waals surface area (Å²) in [6.07, 6.45) is 0. The first-order valence-corrected chi connectivity index (χ1v) is 11.7. The number of rotatable bonds is 9. The van der Waals surface area contributed by atoms with Crippen molar-refractivity contribution in [1.29, 1.82) is 0 Å². The Balaban J connectivity index is 1.92. The summed E-state index contributed by atoms with van der Waals surface area (Å²) in [7, 11) is 0. The normalized spacial score (nSPS) is 11.2. The van der Waals surface area contributed by atoms with Crippen LogP contribution in [0.25, 0.3) is 0 Å². The number of thiazole rings is 1. The Morgan fingerprint density at radius 1 is 1.18 bits per heavy atom. The molecule has 0 atom stereocenters. The number of benzene rings is 1. The number of amides is 1. The quantitative estimate of drug-likeness (QED) is 0.494. The van der Waals surface area contributed by atoms with Gasteiger partial charge in [0.2, 0.25) is 0 Å². The van der Waals surface area contributed by atoms with Crippen molar-refractivity contribution in [2.24, 2.45) is 11.8 Å². The Bertz CT molecular complexity index is 1200. The maximum absolute atomic E-state index is 13.4. The Labute approximate surface area is 195 Å². The van der Waals surface area contributed by atoms with Crippen LogP contribution in [-0.4, -0.2) is 27.0 Å². The van der Waals surface area contributed by atoms with Crippen molar-refractivity contribution < 1.29 is 9.53 Å². The second kappa shape index (κ2) is 10.5. The molecule has 0 saturated carbocycles. The highest BCUT2D eigenvalue weighted by atomic mass is 32.1. The van der Waals surface area contributed by atoms with Crippen molar-refractivity contribution in [1.82, 2.24) is 14.5 Å². The van der Waals surface area contributed by atoms with Crippen LogP contribution in [0.2, 0.25) is 0 Å². The lowest BCUT2D eigenvalue weighted by Gasteiger charge is -2.26. The summed E-state index contributed by atoms with van der Waals surface area (Å²) in [6, 6.07) is 6.67.